The fourth-order valence-corrected chi connectivity index (χ4v) is 3.38. The average Bonchev–Trinajstić information content (AvgIpc) is 2.37. The molecule has 2 saturated heterocycles. The molecule has 1 atom stereocenters. The smallest absolute Gasteiger partial charge is 0.0483 e. The van der Waals surface area contributed by atoms with Gasteiger partial charge in [-0.25, -0.2) is 0 Å². The Morgan fingerprint density at radius 3 is 2.47 bits per heavy atom. The van der Waals surface area contributed by atoms with Crippen LogP contribution in [0.5, 0.6) is 0 Å². The van der Waals surface area contributed by atoms with Gasteiger partial charge in [-0.05, 0) is 38.0 Å². The SMILES string of the molecule is CC1(C)CC(N)CCN(C2(C)CCOCC2)C1. The molecule has 0 bridgehead atoms. The molecule has 0 aromatic heterocycles. The van der Waals surface area contributed by atoms with Gasteiger partial charge in [0.2, 0.25) is 0 Å². The molecular weight excluding hydrogens is 212 g/mol. The third-order valence-electron chi connectivity index (χ3n) is 4.54. The van der Waals surface area contributed by atoms with Gasteiger partial charge in [0.25, 0.3) is 0 Å². The van der Waals surface area contributed by atoms with Gasteiger partial charge in [-0.2, -0.15) is 0 Å². The normalized spacial score (nSPS) is 34.2. The third-order valence-corrected chi connectivity index (χ3v) is 4.54. The van der Waals surface area contributed by atoms with Crippen LogP contribution in [0.4, 0.5) is 0 Å². The predicted molar refractivity (Wildman–Crippen MR) is 71.0 cm³/mol. The molecule has 2 aliphatic heterocycles. The van der Waals surface area contributed by atoms with Gasteiger partial charge in [0.1, 0.15) is 0 Å². The molecule has 0 amide bonds. The molecular formula is C14H28N2O. The zero-order valence-corrected chi connectivity index (χ0v) is 11.7. The molecule has 1 unspecified atom stereocenters. The lowest BCUT2D eigenvalue weighted by Crippen LogP contribution is -2.52. The van der Waals surface area contributed by atoms with E-state index in [-0.39, 0.29) is 0 Å². The summed E-state index contributed by atoms with van der Waals surface area (Å²) in [6.07, 6.45) is 4.62. The Hall–Kier alpha value is -0.120. The molecule has 0 aromatic carbocycles. The number of likely N-dealkylation sites (tertiary alicyclic amines) is 1. The highest BCUT2D eigenvalue weighted by Gasteiger charge is 2.38. The van der Waals surface area contributed by atoms with Crippen LogP contribution in [0.3, 0.4) is 0 Å². The van der Waals surface area contributed by atoms with Crippen LogP contribution in [0.15, 0.2) is 0 Å². The van der Waals surface area contributed by atoms with Gasteiger partial charge in [-0.15, -0.1) is 0 Å². The maximum atomic E-state index is 6.19. The van der Waals surface area contributed by atoms with Crippen molar-refractivity contribution >= 4 is 0 Å². The van der Waals surface area contributed by atoms with E-state index in [0.29, 0.717) is 17.0 Å². The number of nitrogens with zero attached hydrogens (tertiary/aromatic N) is 1. The van der Waals surface area contributed by atoms with Gasteiger partial charge >= 0.3 is 0 Å². The van der Waals surface area contributed by atoms with Gasteiger partial charge in [-0.1, -0.05) is 13.8 Å². The third kappa shape index (κ3) is 3.21. The van der Waals surface area contributed by atoms with Gasteiger partial charge < -0.3 is 10.5 Å². The molecule has 100 valence electrons. The molecule has 2 fully saturated rings. The minimum atomic E-state index is 0.333. The van der Waals surface area contributed by atoms with Crippen molar-refractivity contribution in [1.29, 1.82) is 0 Å². The first-order chi connectivity index (χ1) is 7.91. The lowest BCUT2D eigenvalue weighted by atomic mass is 9.84. The Morgan fingerprint density at radius 2 is 1.82 bits per heavy atom. The average molecular weight is 240 g/mol. The topological polar surface area (TPSA) is 38.5 Å². The number of rotatable bonds is 1. The summed E-state index contributed by atoms with van der Waals surface area (Å²) in [5, 5.41) is 0. The van der Waals surface area contributed by atoms with Crippen LogP contribution >= 0.6 is 0 Å². The number of hydrogen-bond donors (Lipinski definition) is 1. The van der Waals surface area contributed by atoms with Crippen LogP contribution in [-0.4, -0.2) is 42.8 Å². The largest absolute Gasteiger partial charge is 0.381 e. The molecule has 2 rings (SSSR count). The number of hydrogen-bond acceptors (Lipinski definition) is 3. The Bertz CT molecular complexity index is 259. The Labute approximate surface area is 106 Å². The number of ether oxygens (including phenoxy) is 1. The Morgan fingerprint density at radius 1 is 1.18 bits per heavy atom. The van der Waals surface area contributed by atoms with E-state index in [4.69, 9.17) is 10.5 Å². The van der Waals surface area contributed by atoms with E-state index in [1.807, 2.05) is 0 Å². The van der Waals surface area contributed by atoms with Crippen LogP contribution in [0.1, 0.15) is 46.5 Å². The number of nitrogens with two attached hydrogens (primary N) is 1. The standard InChI is InChI=1S/C14H28N2O/c1-13(2)10-12(15)4-7-16(11-13)14(3)5-8-17-9-6-14/h12H,4-11,15H2,1-3H3. The molecule has 0 aromatic rings. The summed E-state index contributed by atoms with van der Waals surface area (Å²) in [5.41, 5.74) is 6.87. The lowest BCUT2D eigenvalue weighted by Gasteiger charge is -2.45. The van der Waals surface area contributed by atoms with Gasteiger partial charge in [0.05, 0.1) is 0 Å². The summed E-state index contributed by atoms with van der Waals surface area (Å²) in [6.45, 7) is 11.3. The van der Waals surface area contributed by atoms with Crippen molar-refractivity contribution < 1.29 is 4.74 Å². The zero-order valence-electron chi connectivity index (χ0n) is 11.7. The molecule has 0 saturated carbocycles. The van der Waals surface area contributed by atoms with E-state index < -0.39 is 0 Å². The fraction of sp³-hybridized carbons (Fsp3) is 1.00. The van der Waals surface area contributed by atoms with Crippen LogP contribution in [0, 0.1) is 5.41 Å². The summed E-state index contributed by atoms with van der Waals surface area (Å²) in [7, 11) is 0. The van der Waals surface area contributed by atoms with E-state index in [9.17, 15) is 0 Å². The van der Waals surface area contributed by atoms with Crippen molar-refractivity contribution in [2.24, 2.45) is 11.1 Å². The lowest BCUT2D eigenvalue weighted by molar-refractivity contribution is -0.0287. The van der Waals surface area contributed by atoms with Crippen LogP contribution in [-0.2, 0) is 4.74 Å². The molecule has 2 N–H and O–H groups in total. The first kappa shape index (κ1) is 13.3. The minimum absolute atomic E-state index is 0.333. The van der Waals surface area contributed by atoms with Gasteiger partial charge in [0, 0.05) is 37.9 Å². The van der Waals surface area contributed by atoms with E-state index in [2.05, 4.69) is 25.7 Å². The van der Waals surface area contributed by atoms with Crippen molar-refractivity contribution in [1.82, 2.24) is 4.90 Å². The maximum Gasteiger partial charge on any atom is 0.0483 e. The summed E-state index contributed by atoms with van der Waals surface area (Å²) in [6, 6.07) is 0.374. The van der Waals surface area contributed by atoms with Crippen LogP contribution < -0.4 is 5.73 Å². The molecule has 2 heterocycles. The van der Waals surface area contributed by atoms with Crippen LogP contribution in [0.2, 0.25) is 0 Å². The Balaban J connectivity index is 2.08. The van der Waals surface area contributed by atoms with Crippen molar-refractivity contribution in [3.63, 3.8) is 0 Å². The molecule has 0 aliphatic carbocycles. The summed E-state index contributed by atoms with van der Waals surface area (Å²) in [5.74, 6) is 0. The highest BCUT2D eigenvalue weighted by Crippen LogP contribution is 2.35. The van der Waals surface area contributed by atoms with E-state index >= 15 is 0 Å². The second-order valence-corrected chi connectivity index (χ2v) is 6.95. The van der Waals surface area contributed by atoms with Crippen molar-refractivity contribution in [3.05, 3.63) is 0 Å². The zero-order chi connectivity index (χ0) is 12.5. The maximum absolute atomic E-state index is 6.19. The molecule has 3 nitrogen and oxygen atoms in total. The molecule has 0 radical (unpaired) electrons. The van der Waals surface area contributed by atoms with Crippen molar-refractivity contribution in [3.8, 4) is 0 Å². The fourth-order valence-electron chi connectivity index (χ4n) is 3.38. The van der Waals surface area contributed by atoms with Crippen molar-refractivity contribution in [2.45, 2.75) is 58.0 Å². The summed E-state index contributed by atoms with van der Waals surface area (Å²) >= 11 is 0. The Kier molecular flexibility index (Phi) is 3.81. The first-order valence-electron chi connectivity index (χ1n) is 7.00. The molecule has 3 heteroatoms. The van der Waals surface area contributed by atoms with E-state index in [1.54, 1.807) is 0 Å². The minimum Gasteiger partial charge on any atom is -0.381 e. The van der Waals surface area contributed by atoms with E-state index in [0.717, 1.165) is 45.4 Å². The van der Waals surface area contributed by atoms with Crippen LogP contribution in [0.25, 0.3) is 0 Å². The monoisotopic (exact) mass is 240 g/mol. The second-order valence-electron chi connectivity index (χ2n) is 6.95. The molecule has 2 aliphatic rings. The van der Waals surface area contributed by atoms with Crippen molar-refractivity contribution in [2.75, 3.05) is 26.3 Å². The summed E-state index contributed by atoms with van der Waals surface area (Å²) in [4.78, 5) is 2.68. The molecule has 0 spiro atoms. The van der Waals surface area contributed by atoms with Gasteiger partial charge in [-0.3, -0.25) is 4.90 Å². The quantitative estimate of drug-likeness (QED) is 0.762. The molecule has 17 heavy (non-hydrogen) atoms. The highest BCUT2D eigenvalue weighted by molar-refractivity contribution is 4.94. The van der Waals surface area contributed by atoms with E-state index in [1.165, 1.54) is 6.54 Å². The highest BCUT2D eigenvalue weighted by atomic mass is 16.5. The van der Waals surface area contributed by atoms with Gasteiger partial charge in [0.15, 0.2) is 0 Å². The second kappa shape index (κ2) is 4.87. The first-order valence-corrected chi connectivity index (χ1v) is 7.00. The summed E-state index contributed by atoms with van der Waals surface area (Å²) < 4.78 is 5.51. The predicted octanol–water partition coefficient (Wildman–Crippen LogP) is 2.00.